The molecule has 2 rings (SSSR count). The first kappa shape index (κ1) is 10.2. The number of hydrogen-bond donors (Lipinski definition) is 1. The van der Waals surface area contributed by atoms with Crippen molar-refractivity contribution in [2.75, 3.05) is 0 Å². The van der Waals surface area contributed by atoms with E-state index in [0.29, 0.717) is 4.75 Å². The van der Waals surface area contributed by atoms with Crippen molar-refractivity contribution in [2.24, 2.45) is 17.8 Å². The van der Waals surface area contributed by atoms with Gasteiger partial charge in [-0.3, -0.25) is 0 Å². The molecule has 13 heavy (non-hydrogen) atoms. The van der Waals surface area contributed by atoms with E-state index in [1.54, 1.807) is 10.8 Å². The van der Waals surface area contributed by atoms with Gasteiger partial charge in [-0.1, -0.05) is 17.2 Å². The van der Waals surface area contributed by atoms with Gasteiger partial charge in [0.15, 0.2) is 0 Å². The lowest BCUT2D eigenvalue weighted by atomic mass is 9.83. The van der Waals surface area contributed by atoms with Crippen LogP contribution in [0.25, 0.3) is 0 Å². The molecule has 0 aromatic rings. The fourth-order valence-corrected chi connectivity index (χ4v) is 3.81. The summed E-state index contributed by atoms with van der Waals surface area (Å²) in [5, 5.41) is 0. The van der Waals surface area contributed by atoms with Crippen molar-refractivity contribution in [3.63, 3.8) is 0 Å². The lowest BCUT2D eigenvalue weighted by Gasteiger charge is -2.30. The highest BCUT2D eigenvalue weighted by Crippen LogP contribution is 2.52. The van der Waals surface area contributed by atoms with Crippen molar-refractivity contribution in [2.45, 2.75) is 50.7 Å². The highest BCUT2D eigenvalue weighted by Gasteiger charge is 2.41. The van der Waals surface area contributed by atoms with E-state index in [1.165, 1.54) is 32.1 Å². The molecule has 2 bridgehead atoms. The highest BCUT2D eigenvalue weighted by molar-refractivity contribution is 8.69. The van der Waals surface area contributed by atoms with Crippen LogP contribution in [0.4, 0.5) is 0 Å². The number of thiol groups is 1. The Morgan fingerprint density at radius 3 is 2.54 bits per heavy atom. The second-order valence-corrected chi connectivity index (χ2v) is 7.33. The molecule has 3 atom stereocenters. The minimum atomic E-state index is 0.387. The zero-order chi connectivity index (χ0) is 9.47. The minimum Gasteiger partial charge on any atom is -0.111 e. The zero-order valence-electron chi connectivity index (χ0n) is 8.62. The summed E-state index contributed by atoms with van der Waals surface area (Å²) in [7, 11) is 1.74. The molecule has 0 spiro atoms. The van der Waals surface area contributed by atoms with Gasteiger partial charge in [0, 0.05) is 4.75 Å². The molecule has 0 radical (unpaired) electrons. The van der Waals surface area contributed by atoms with Crippen molar-refractivity contribution in [3.05, 3.63) is 0 Å². The standard InChI is InChI=1S/C11H20S2/c1-11(2,13-12)7-10-6-8-3-4-9(10)5-8/h8-10,12H,3-7H2,1-2H3. The fourth-order valence-electron chi connectivity index (χ4n) is 3.30. The quantitative estimate of drug-likeness (QED) is 0.546. The Bertz CT molecular complexity index is 189. The Labute approximate surface area is 91.1 Å². The summed E-state index contributed by atoms with van der Waals surface area (Å²) in [5.41, 5.74) is 0. The van der Waals surface area contributed by atoms with E-state index < -0.39 is 0 Å². The summed E-state index contributed by atoms with van der Waals surface area (Å²) < 4.78 is 0.387. The van der Waals surface area contributed by atoms with Gasteiger partial charge in [0.1, 0.15) is 0 Å². The van der Waals surface area contributed by atoms with Crippen LogP contribution < -0.4 is 0 Å². The number of rotatable bonds is 3. The van der Waals surface area contributed by atoms with Crippen molar-refractivity contribution >= 4 is 22.5 Å². The first-order valence-corrected chi connectivity index (χ1v) is 7.30. The molecule has 0 aromatic heterocycles. The number of hydrogen-bond acceptors (Lipinski definition) is 2. The molecule has 2 aliphatic rings. The SMILES string of the molecule is CC(C)(CC1CC2CCC1C2)SS. The van der Waals surface area contributed by atoms with E-state index >= 15 is 0 Å². The molecule has 0 amide bonds. The van der Waals surface area contributed by atoms with Crippen molar-refractivity contribution in [3.8, 4) is 0 Å². The summed E-state index contributed by atoms with van der Waals surface area (Å²) >= 11 is 4.36. The van der Waals surface area contributed by atoms with Crippen LogP contribution >= 0.6 is 22.5 Å². The Balaban J connectivity index is 1.89. The van der Waals surface area contributed by atoms with E-state index in [0.717, 1.165) is 17.8 Å². The molecule has 3 unspecified atom stereocenters. The largest absolute Gasteiger partial charge is 0.111 e. The van der Waals surface area contributed by atoms with Crippen LogP contribution in [-0.4, -0.2) is 4.75 Å². The maximum Gasteiger partial charge on any atom is 0.0207 e. The average Bonchev–Trinajstić information content (AvgIpc) is 2.64. The smallest absolute Gasteiger partial charge is 0.0207 e. The van der Waals surface area contributed by atoms with Crippen LogP contribution in [0.1, 0.15) is 46.0 Å². The molecule has 2 aliphatic carbocycles. The first-order valence-electron chi connectivity index (χ1n) is 5.43. The van der Waals surface area contributed by atoms with Gasteiger partial charge in [-0.15, -0.1) is 11.7 Å². The molecule has 0 aromatic carbocycles. The Kier molecular flexibility index (Phi) is 2.90. The van der Waals surface area contributed by atoms with Gasteiger partial charge < -0.3 is 0 Å². The van der Waals surface area contributed by atoms with Crippen LogP contribution in [0.15, 0.2) is 0 Å². The minimum absolute atomic E-state index is 0.387. The zero-order valence-corrected chi connectivity index (χ0v) is 10.3. The molecule has 76 valence electrons. The highest BCUT2D eigenvalue weighted by atomic mass is 33.1. The molecular formula is C11H20S2. The Hall–Kier alpha value is 0.700. The summed E-state index contributed by atoms with van der Waals surface area (Å²) in [6.07, 6.45) is 7.47. The first-order chi connectivity index (χ1) is 6.11. The maximum atomic E-state index is 4.36. The average molecular weight is 216 g/mol. The van der Waals surface area contributed by atoms with Crippen LogP contribution in [-0.2, 0) is 0 Å². The van der Waals surface area contributed by atoms with E-state index in [1.807, 2.05) is 0 Å². The molecule has 0 N–H and O–H groups in total. The fraction of sp³-hybridized carbons (Fsp3) is 1.00. The topological polar surface area (TPSA) is 0 Å². The van der Waals surface area contributed by atoms with Crippen molar-refractivity contribution in [1.82, 2.24) is 0 Å². The Morgan fingerprint density at radius 1 is 1.31 bits per heavy atom. The van der Waals surface area contributed by atoms with E-state index in [-0.39, 0.29) is 0 Å². The second kappa shape index (κ2) is 3.69. The van der Waals surface area contributed by atoms with Crippen LogP contribution in [0.3, 0.4) is 0 Å². The third-order valence-corrected chi connectivity index (χ3v) is 6.03. The molecule has 0 saturated heterocycles. The monoisotopic (exact) mass is 216 g/mol. The van der Waals surface area contributed by atoms with Gasteiger partial charge >= 0.3 is 0 Å². The molecular weight excluding hydrogens is 196 g/mol. The van der Waals surface area contributed by atoms with Gasteiger partial charge in [-0.05, 0) is 57.3 Å². The Morgan fingerprint density at radius 2 is 2.08 bits per heavy atom. The molecule has 2 heteroatoms. The molecule has 2 saturated carbocycles. The summed E-state index contributed by atoms with van der Waals surface area (Å²) in [5.74, 6) is 3.19. The van der Waals surface area contributed by atoms with Crippen LogP contribution in [0.2, 0.25) is 0 Å². The van der Waals surface area contributed by atoms with Crippen molar-refractivity contribution in [1.29, 1.82) is 0 Å². The predicted molar refractivity (Wildman–Crippen MR) is 64.2 cm³/mol. The molecule has 0 heterocycles. The van der Waals surface area contributed by atoms with Gasteiger partial charge in [-0.2, -0.15) is 0 Å². The van der Waals surface area contributed by atoms with Gasteiger partial charge in [0.05, 0.1) is 0 Å². The van der Waals surface area contributed by atoms with Gasteiger partial charge in [0.25, 0.3) is 0 Å². The molecule has 0 nitrogen and oxygen atoms in total. The number of fused-ring (bicyclic) bond motifs is 2. The maximum absolute atomic E-state index is 4.36. The van der Waals surface area contributed by atoms with Gasteiger partial charge in [-0.25, -0.2) is 0 Å². The molecule has 0 aliphatic heterocycles. The third kappa shape index (κ3) is 2.20. The summed E-state index contributed by atoms with van der Waals surface area (Å²) in [4.78, 5) is 0. The second-order valence-electron chi connectivity index (χ2n) is 5.49. The normalized spacial score (nSPS) is 38.5. The van der Waals surface area contributed by atoms with Crippen molar-refractivity contribution < 1.29 is 0 Å². The van der Waals surface area contributed by atoms with Gasteiger partial charge in [0.2, 0.25) is 0 Å². The van der Waals surface area contributed by atoms with E-state index in [4.69, 9.17) is 0 Å². The predicted octanol–water partition coefficient (Wildman–Crippen LogP) is 4.17. The van der Waals surface area contributed by atoms with E-state index in [2.05, 4.69) is 25.5 Å². The molecule has 2 fully saturated rings. The van der Waals surface area contributed by atoms with E-state index in [9.17, 15) is 0 Å². The lowest BCUT2D eigenvalue weighted by molar-refractivity contribution is 0.295. The third-order valence-electron chi connectivity index (χ3n) is 3.89. The lowest BCUT2D eigenvalue weighted by Crippen LogP contribution is -2.22. The summed E-state index contributed by atoms with van der Waals surface area (Å²) in [6.45, 7) is 4.66. The summed E-state index contributed by atoms with van der Waals surface area (Å²) in [6, 6.07) is 0. The van der Waals surface area contributed by atoms with Crippen LogP contribution in [0, 0.1) is 17.8 Å². The van der Waals surface area contributed by atoms with Crippen LogP contribution in [0.5, 0.6) is 0 Å².